The van der Waals surface area contributed by atoms with Crippen LogP contribution < -0.4 is 10.1 Å². The quantitative estimate of drug-likeness (QED) is 0.893. The van der Waals surface area contributed by atoms with E-state index in [0.717, 1.165) is 25.3 Å². The van der Waals surface area contributed by atoms with Crippen molar-refractivity contribution in [3.63, 3.8) is 0 Å². The van der Waals surface area contributed by atoms with Gasteiger partial charge in [-0.1, -0.05) is 6.07 Å². The van der Waals surface area contributed by atoms with Gasteiger partial charge >= 0.3 is 0 Å². The molecule has 20 heavy (non-hydrogen) atoms. The molecule has 0 spiro atoms. The van der Waals surface area contributed by atoms with E-state index in [1.165, 1.54) is 0 Å². The summed E-state index contributed by atoms with van der Waals surface area (Å²) < 4.78 is 11.1. The van der Waals surface area contributed by atoms with E-state index in [0.29, 0.717) is 11.3 Å². The number of methoxy groups -OCH3 is 1. The minimum Gasteiger partial charge on any atom is -0.495 e. The highest BCUT2D eigenvalue weighted by Crippen LogP contribution is 2.31. The predicted molar refractivity (Wildman–Crippen MR) is 76.7 cm³/mol. The van der Waals surface area contributed by atoms with Crippen LogP contribution in [0.5, 0.6) is 5.75 Å². The monoisotopic (exact) mass is 275 g/mol. The summed E-state index contributed by atoms with van der Waals surface area (Å²) in [7, 11) is 5.59. The van der Waals surface area contributed by atoms with Crippen LogP contribution in [0.15, 0.2) is 18.2 Å². The maximum Gasteiger partial charge on any atom is 0.136 e. The Balaban J connectivity index is 2.34. The fourth-order valence-corrected chi connectivity index (χ4v) is 2.70. The molecule has 1 fully saturated rings. The fraction of sp³-hybridized carbons (Fsp3) is 0.533. The second-order valence-corrected chi connectivity index (χ2v) is 4.96. The number of ether oxygens (including phenoxy) is 2. The van der Waals surface area contributed by atoms with Gasteiger partial charge in [-0.25, -0.2) is 0 Å². The van der Waals surface area contributed by atoms with E-state index in [1.807, 2.05) is 25.2 Å². The lowest BCUT2D eigenvalue weighted by atomic mass is 9.96. The van der Waals surface area contributed by atoms with E-state index in [4.69, 9.17) is 9.47 Å². The second kappa shape index (κ2) is 6.71. The standard InChI is InChI=1S/C15H21N3O2/c1-17-10-14-15(18(2)6-7-20-14)11-4-5-13(19-3)12(8-11)9-16/h4-5,8,14-15,17H,6-7,10H2,1-3H3. The molecule has 0 amide bonds. The first kappa shape index (κ1) is 14.8. The lowest BCUT2D eigenvalue weighted by molar-refractivity contribution is -0.0606. The van der Waals surface area contributed by atoms with Crippen LogP contribution in [0, 0.1) is 11.3 Å². The zero-order chi connectivity index (χ0) is 14.5. The molecule has 1 aromatic rings. The number of rotatable bonds is 4. The number of hydrogen-bond acceptors (Lipinski definition) is 5. The highest BCUT2D eigenvalue weighted by Gasteiger charge is 2.31. The van der Waals surface area contributed by atoms with Crippen molar-refractivity contribution in [2.75, 3.05) is 40.9 Å². The molecule has 1 saturated heterocycles. The van der Waals surface area contributed by atoms with Crippen molar-refractivity contribution in [2.45, 2.75) is 12.1 Å². The molecule has 1 aliphatic rings. The maximum atomic E-state index is 9.22. The molecule has 1 N–H and O–H groups in total. The van der Waals surface area contributed by atoms with E-state index in [-0.39, 0.29) is 12.1 Å². The average Bonchev–Trinajstić information content (AvgIpc) is 2.47. The van der Waals surface area contributed by atoms with Crippen LogP contribution in [0.1, 0.15) is 17.2 Å². The zero-order valence-electron chi connectivity index (χ0n) is 12.2. The van der Waals surface area contributed by atoms with Crippen molar-refractivity contribution in [3.8, 4) is 11.8 Å². The first-order valence-electron chi connectivity index (χ1n) is 6.75. The number of nitriles is 1. The van der Waals surface area contributed by atoms with Crippen LogP contribution >= 0.6 is 0 Å². The zero-order valence-corrected chi connectivity index (χ0v) is 12.2. The average molecular weight is 275 g/mol. The molecule has 1 aromatic carbocycles. The number of nitrogens with one attached hydrogen (secondary N) is 1. The third kappa shape index (κ3) is 2.93. The van der Waals surface area contributed by atoms with Gasteiger partial charge in [0.1, 0.15) is 11.8 Å². The van der Waals surface area contributed by atoms with Gasteiger partial charge in [0.15, 0.2) is 0 Å². The van der Waals surface area contributed by atoms with Gasteiger partial charge in [0.05, 0.1) is 31.4 Å². The van der Waals surface area contributed by atoms with E-state index in [1.54, 1.807) is 7.11 Å². The van der Waals surface area contributed by atoms with E-state index in [2.05, 4.69) is 23.3 Å². The van der Waals surface area contributed by atoms with Crippen LogP contribution in [0.25, 0.3) is 0 Å². The van der Waals surface area contributed by atoms with Crippen molar-refractivity contribution in [3.05, 3.63) is 29.3 Å². The summed E-state index contributed by atoms with van der Waals surface area (Å²) in [6.45, 7) is 2.41. The van der Waals surface area contributed by atoms with Crippen molar-refractivity contribution >= 4 is 0 Å². The van der Waals surface area contributed by atoms with Crippen LogP contribution in [0.4, 0.5) is 0 Å². The van der Waals surface area contributed by atoms with Gasteiger partial charge in [0, 0.05) is 13.1 Å². The fourth-order valence-electron chi connectivity index (χ4n) is 2.70. The first-order valence-corrected chi connectivity index (χ1v) is 6.75. The van der Waals surface area contributed by atoms with Crippen LogP contribution in [-0.2, 0) is 4.74 Å². The lowest BCUT2D eigenvalue weighted by Gasteiger charge is -2.39. The smallest absolute Gasteiger partial charge is 0.136 e. The summed E-state index contributed by atoms with van der Waals surface area (Å²) in [5.74, 6) is 0.612. The molecular formula is C15H21N3O2. The number of hydrogen-bond donors (Lipinski definition) is 1. The molecule has 108 valence electrons. The number of likely N-dealkylation sites (N-methyl/N-ethyl adjacent to an activating group) is 2. The van der Waals surface area contributed by atoms with E-state index < -0.39 is 0 Å². The van der Waals surface area contributed by atoms with Crippen LogP contribution in [-0.4, -0.2) is 51.9 Å². The van der Waals surface area contributed by atoms with E-state index in [9.17, 15) is 5.26 Å². The van der Waals surface area contributed by atoms with Gasteiger partial charge in [-0.05, 0) is 31.8 Å². The molecule has 2 unspecified atom stereocenters. The highest BCUT2D eigenvalue weighted by atomic mass is 16.5. The molecule has 1 heterocycles. The molecule has 0 radical (unpaired) electrons. The summed E-state index contributed by atoms with van der Waals surface area (Å²) in [6, 6.07) is 8.10. The minimum absolute atomic E-state index is 0.0821. The molecule has 0 aliphatic carbocycles. The molecular weight excluding hydrogens is 254 g/mol. The van der Waals surface area contributed by atoms with Crippen molar-refractivity contribution in [1.29, 1.82) is 5.26 Å². The van der Waals surface area contributed by atoms with Gasteiger partial charge < -0.3 is 14.8 Å². The summed E-state index contributed by atoms with van der Waals surface area (Å²) in [5.41, 5.74) is 1.65. The Labute approximate surface area is 120 Å². The van der Waals surface area contributed by atoms with E-state index >= 15 is 0 Å². The van der Waals surface area contributed by atoms with Gasteiger partial charge in [0.25, 0.3) is 0 Å². The normalized spacial score (nSPS) is 23.3. The Kier molecular flexibility index (Phi) is 4.96. The Hall–Kier alpha value is -1.61. The third-order valence-electron chi connectivity index (χ3n) is 3.69. The maximum absolute atomic E-state index is 9.22. The van der Waals surface area contributed by atoms with Crippen molar-refractivity contribution in [2.24, 2.45) is 0 Å². The lowest BCUT2D eigenvalue weighted by Crippen LogP contribution is -2.47. The molecule has 5 heteroatoms. The number of morpholine rings is 1. The van der Waals surface area contributed by atoms with Gasteiger partial charge in [-0.2, -0.15) is 5.26 Å². The van der Waals surface area contributed by atoms with Gasteiger partial charge in [0.2, 0.25) is 0 Å². The summed E-state index contributed by atoms with van der Waals surface area (Å²) in [5, 5.41) is 12.4. The Morgan fingerprint density at radius 2 is 2.35 bits per heavy atom. The first-order chi connectivity index (χ1) is 9.71. The molecule has 0 saturated carbocycles. The molecule has 0 aromatic heterocycles. The minimum atomic E-state index is 0.0821. The molecule has 2 rings (SSSR count). The SMILES string of the molecule is CNCC1OCCN(C)C1c1ccc(OC)c(C#N)c1. The molecule has 0 bridgehead atoms. The van der Waals surface area contributed by atoms with Crippen LogP contribution in [0.2, 0.25) is 0 Å². The largest absolute Gasteiger partial charge is 0.495 e. The summed E-state index contributed by atoms with van der Waals surface area (Å²) in [6.07, 6.45) is 0.0821. The Bertz CT molecular complexity index is 496. The van der Waals surface area contributed by atoms with Crippen LogP contribution in [0.3, 0.4) is 0 Å². The predicted octanol–water partition coefficient (Wildman–Crippen LogP) is 1.16. The summed E-state index contributed by atoms with van der Waals surface area (Å²) >= 11 is 0. The number of nitrogens with zero attached hydrogens (tertiary/aromatic N) is 2. The molecule has 5 nitrogen and oxygen atoms in total. The topological polar surface area (TPSA) is 57.5 Å². The van der Waals surface area contributed by atoms with Gasteiger partial charge in [-0.3, -0.25) is 4.90 Å². The molecule has 2 atom stereocenters. The summed E-state index contributed by atoms with van der Waals surface area (Å²) in [4.78, 5) is 2.27. The van der Waals surface area contributed by atoms with Crippen molar-refractivity contribution in [1.82, 2.24) is 10.2 Å². The number of benzene rings is 1. The second-order valence-electron chi connectivity index (χ2n) is 4.96. The van der Waals surface area contributed by atoms with Gasteiger partial charge in [-0.15, -0.1) is 0 Å². The van der Waals surface area contributed by atoms with Crippen molar-refractivity contribution < 1.29 is 9.47 Å². The highest BCUT2D eigenvalue weighted by molar-refractivity contribution is 5.46. The Morgan fingerprint density at radius 3 is 3.00 bits per heavy atom. The Morgan fingerprint density at radius 1 is 1.55 bits per heavy atom. The third-order valence-corrected chi connectivity index (χ3v) is 3.69. The molecule has 1 aliphatic heterocycles.